The number of benzene rings is 2. The van der Waals surface area contributed by atoms with Gasteiger partial charge in [0.25, 0.3) is 5.91 Å². The molecule has 3 aliphatic rings. The van der Waals surface area contributed by atoms with Gasteiger partial charge in [-0.15, -0.1) is 11.7 Å². The molecule has 4 unspecified atom stereocenters. The Morgan fingerprint density at radius 2 is 1.72 bits per heavy atom. The largest absolute Gasteiger partial charge is 0.493 e. The number of nitrogens with zero attached hydrogens (tertiary/aromatic N) is 4. The summed E-state index contributed by atoms with van der Waals surface area (Å²) in [6.45, 7) is 19.4. The lowest BCUT2D eigenvalue weighted by Crippen LogP contribution is -2.52. The highest BCUT2D eigenvalue weighted by atomic mass is 33.1. The van der Waals surface area contributed by atoms with Crippen molar-refractivity contribution in [2.24, 2.45) is 4.99 Å². The molecule has 2 saturated heterocycles. The number of unbranched alkanes of at least 4 members (excludes halogenated alkanes) is 2. The number of carbonyl (C=O) groups is 3. The van der Waals surface area contributed by atoms with Crippen molar-refractivity contribution >= 4 is 58.5 Å². The second-order valence-corrected chi connectivity index (χ2v) is 15.1. The molecule has 294 valence electrons. The molecule has 0 bridgehead atoms. The van der Waals surface area contributed by atoms with E-state index < -0.39 is 18.4 Å². The Hall–Kier alpha value is -4.14. The first kappa shape index (κ1) is 42.6. The van der Waals surface area contributed by atoms with Crippen molar-refractivity contribution < 1.29 is 38.4 Å². The Kier molecular flexibility index (Phi) is 15.8. The van der Waals surface area contributed by atoms with Crippen molar-refractivity contribution in [3.05, 3.63) is 65.3 Å². The second kappa shape index (κ2) is 20.0. The molecule has 5 rings (SSSR count). The van der Waals surface area contributed by atoms with Crippen LogP contribution in [0.2, 0.25) is 0 Å². The molecule has 12 nitrogen and oxygen atoms in total. The predicted molar refractivity (Wildman–Crippen MR) is 218 cm³/mol. The van der Waals surface area contributed by atoms with Gasteiger partial charge in [0, 0.05) is 36.7 Å². The number of methoxy groups -OCH3 is 1. The summed E-state index contributed by atoms with van der Waals surface area (Å²) in [5, 5.41) is 11.5. The van der Waals surface area contributed by atoms with E-state index in [0.717, 1.165) is 41.5 Å². The molecule has 2 aromatic rings. The first-order chi connectivity index (χ1) is 25.9. The van der Waals surface area contributed by atoms with Crippen molar-refractivity contribution in [3.63, 3.8) is 0 Å². The quantitative estimate of drug-likeness (QED) is 0.0445. The third kappa shape index (κ3) is 10.1. The van der Waals surface area contributed by atoms with Crippen LogP contribution in [0.3, 0.4) is 0 Å². The van der Waals surface area contributed by atoms with Crippen LogP contribution in [0, 0.1) is 13.8 Å². The Morgan fingerprint density at radius 3 is 2.39 bits per heavy atom. The fourth-order valence-corrected chi connectivity index (χ4v) is 6.95. The van der Waals surface area contributed by atoms with Crippen LogP contribution in [-0.2, 0) is 9.53 Å². The Balaban J connectivity index is 0.00000319. The van der Waals surface area contributed by atoms with Gasteiger partial charge in [0.05, 0.1) is 49.3 Å². The minimum Gasteiger partial charge on any atom is -0.493 e. The molecule has 1 N–H and O–H groups in total. The van der Waals surface area contributed by atoms with Crippen LogP contribution in [0.5, 0.6) is 17.2 Å². The first-order valence-electron chi connectivity index (χ1n) is 18.4. The van der Waals surface area contributed by atoms with E-state index in [9.17, 15) is 19.5 Å². The zero-order valence-electron chi connectivity index (χ0n) is 32.2. The molecule has 54 heavy (non-hydrogen) atoms. The number of rotatable bonds is 16. The van der Waals surface area contributed by atoms with Crippen LogP contribution in [0.15, 0.2) is 53.6 Å². The van der Waals surface area contributed by atoms with Gasteiger partial charge in [0.2, 0.25) is 6.41 Å². The van der Waals surface area contributed by atoms with Crippen molar-refractivity contribution in [3.8, 4) is 17.2 Å². The van der Waals surface area contributed by atoms with Crippen molar-refractivity contribution in [2.45, 2.75) is 90.3 Å². The van der Waals surface area contributed by atoms with Gasteiger partial charge in [-0.3, -0.25) is 14.6 Å². The molecule has 2 aromatic carbocycles. The van der Waals surface area contributed by atoms with Gasteiger partial charge in [0.1, 0.15) is 12.4 Å². The van der Waals surface area contributed by atoms with Crippen molar-refractivity contribution in [1.29, 1.82) is 0 Å². The van der Waals surface area contributed by atoms with E-state index in [1.54, 1.807) is 36.4 Å². The van der Waals surface area contributed by atoms with Crippen LogP contribution >= 0.6 is 22.5 Å². The Labute approximate surface area is 328 Å². The number of carbonyl (C=O) groups excluding carboxylic acids is 3. The van der Waals surface area contributed by atoms with E-state index in [0.29, 0.717) is 79.7 Å². The SMILES string of the molecule is C=C1CC(C(O)N(C(=O)OCC(C)SS)c2cc(OCCCCCOc3cc4c(cc3OC)C(=O)N3CC(=C)CC3C=N4)c(C)cc2C)N(C=O)C1.CC. The summed E-state index contributed by atoms with van der Waals surface area (Å²) in [7, 11) is 2.81. The van der Waals surface area contributed by atoms with Crippen LogP contribution in [0.4, 0.5) is 16.2 Å². The molecule has 0 spiro atoms. The third-order valence-electron chi connectivity index (χ3n) is 9.40. The average Bonchev–Trinajstić information content (AvgIpc) is 3.72. The molecule has 3 aliphatic heterocycles. The van der Waals surface area contributed by atoms with E-state index in [1.807, 2.05) is 40.7 Å². The van der Waals surface area contributed by atoms with Crippen LogP contribution in [-0.4, -0.2) is 103 Å². The smallest absolute Gasteiger partial charge is 0.416 e. The second-order valence-electron chi connectivity index (χ2n) is 13.5. The third-order valence-corrected chi connectivity index (χ3v) is 11.0. The number of fused-ring (bicyclic) bond motifs is 2. The number of aliphatic hydroxyl groups excluding tert-OH is 1. The van der Waals surface area contributed by atoms with E-state index >= 15 is 0 Å². The number of amides is 3. The van der Waals surface area contributed by atoms with Gasteiger partial charge < -0.3 is 33.9 Å². The van der Waals surface area contributed by atoms with Gasteiger partial charge in [-0.2, -0.15) is 0 Å². The standard InChI is InChI=1S/C38H48N4O8S2.C2H6/c1-23-12-28-18-39-30-16-35(34(47-6)15-29(30)36(44)41(28)20-23)49-11-9-7-8-10-48-33-17-31(25(3)14-26(33)4)42(38(46)50-21-27(5)52-51)37(45)32-13-24(2)19-40(32)22-43;1-2/h14-18,22,27-28,32,37,45,51H,1-2,7-13,19-21H2,3-6H3;1-2H3. The van der Waals surface area contributed by atoms with Gasteiger partial charge in [-0.05, 0) is 70.1 Å². The molecule has 0 aromatic heterocycles. The number of anilines is 1. The maximum atomic E-state index is 13.5. The topological polar surface area (TPSA) is 130 Å². The van der Waals surface area contributed by atoms with Crippen LogP contribution in [0.1, 0.15) is 74.4 Å². The Morgan fingerprint density at radius 1 is 1.04 bits per heavy atom. The highest BCUT2D eigenvalue weighted by Crippen LogP contribution is 2.39. The number of aryl methyl sites for hydroxylation is 2. The summed E-state index contributed by atoms with van der Waals surface area (Å²) in [6.07, 6.45) is 3.72. The molecule has 0 saturated carbocycles. The van der Waals surface area contributed by atoms with E-state index in [4.69, 9.17) is 18.9 Å². The molecule has 4 atom stereocenters. The molecule has 2 fully saturated rings. The summed E-state index contributed by atoms with van der Waals surface area (Å²) in [5.74, 6) is 1.48. The molecule has 0 radical (unpaired) electrons. The summed E-state index contributed by atoms with van der Waals surface area (Å²) in [4.78, 5) is 47.6. The summed E-state index contributed by atoms with van der Waals surface area (Å²) in [6, 6.07) is 6.32. The van der Waals surface area contributed by atoms with E-state index in [1.165, 1.54) is 20.6 Å². The molecule has 3 amide bonds. The number of hydrogen-bond acceptors (Lipinski definition) is 11. The highest BCUT2D eigenvalue weighted by molar-refractivity contribution is 8.68. The number of likely N-dealkylation sites (tertiary alicyclic amines) is 1. The maximum Gasteiger partial charge on any atom is 0.416 e. The number of ether oxygens (including phenoxy) is 4. The monoisotopic (exact) mass is 782 g/mol. The summed E-state index contributed by atoms with van der Waals surface area (Å²) in [5.41, 5.74) is 4.87. The first-order valence-corrected chi connectivity index (χ1v) is 20.3. The lowest BCUT2D eigenvalue weighted by atomic mass is 10.1. The number of aliphatic hydroxyl groups is 1. The van der Waals surface area contributed by atoms with Crippen LogP contribution < -0.4 is 19.1 Å². The molecule has 0 aliphatic carbocycles. The van der Waals surface area contributed by atoms with Gasteiger partial charge in [-0.25, -0.2) is 9.69 Å². The zero-order chi connectivity index (χ0) is 39.5. The minimum atomic E-state index is -1.38. The predicted octanol–water partition coefficient (Wildman–Crippen LogP) is 7.47. The van der Waals surface area contributed by atoms with Gasteiger partial charge >= 0.3 is 6.09 Å². The van der Waals surface area contributed by atoms with Crippen LogP contribution in [0.25, 0.3) is 0 Å². The van der Waals surface area contributed by atoms with Crippen molar-refractivity contribution in [2.75, 3.05) is 44.9 Å². The normalized spacial score (nSPS) is 18.6. The fourth-order valence-electron chi connectivity index (χ4n) is 6.64. The average molecular weight is 783 g/mol. The lowest BCUT2D eigenvalue weighted by Gasteiger charge is -2.35. The van der Waals surface area contributed by atoms with Crippen molar-refractivity contribution in [1.82, 2.24) is 9.80 Å². The van der Waals surface area contributed by atoms with Gasteiger partial charge in [-0.1, -0.05) is 55.0 Å². The fraction of sp³-hybridized carbons (Fsp3) is 0.500. The molecule has 14 heteroatoms. The molecule has 3 heterocycles. The maximum absolute atomic E-state index is 13.5. The molecular formula is C40H54N4O8S2. The lowest BCUT2D eigenvalue weighted by molar-refractivity contribution is -0.120. The highest BCUT2D eigenvalue weighted by Gasteiger charge is 2.39. The van der Waals surface area contributed by atoms with E-state index in [-0.39, 0.29) is 23.8 Å². The number of thiol groups is 1. The number of aliphatic imine (C=N–C) groups is 1. The zero-order valence-corrected chi connectivity index (χ0v) is 33.9. The summed E-state index contributed by atoms with van der Waals surface area (Å²) < 4.78 is 23.4. The van der Waals surface area contributed by atoms with E-state index in [2.05, 4.69) is 29.8 Å². The molecular weight excluding hydrogens is 729 g/mol. The number of hydrogen-bond donors (Lipinski definition) is 2. The summed E-state index contributed by atoms with van der Waals surface area (Å²) >= 11 is 4.20. The minimum absolute atomic E-state index is 0.0727. The van der Waals surface area contributed by atoms with Gasteiger partial charge in [0.15, 0.2) is 17.7 Å². The Bertz CT molecular complexity index is 1720.